The molecular formula is C15H20N4OS. The SMILES string of the molecule is Cc1nc(-c2cccnc2)sc1N(C)C(=O)NCC(C)C. The molecule has 0 unspecified atom stereocenters. The lowest BCUT2D eigenvalue weighted by Crippen LogP contribution is -2.38. The number of amides is 2. The van der Waals surface area contributed by atoms with Gasteiger partial charge in [-0.25, -0.2) is 9.78 Å². The minimum Gasteiger partial charge on any atom is -0.337 e. The fourth-order valence-corrected chi connectivity index (χ4v) is 2.83. The van der Waals surface area contributed by atoms with E-state index in [-0.39, 0.29) is 6.03 Å². The van der Waals surface area contributed by atoms with Crippen LogP contribution < -0.4 is 10.2 Å². The normalized spacial score (nSPS) is 10.7. The largest absolute Gasteiger partial charge is 0.337 e. The van der Waals surface area contributed by atoms with Crippen molar-refractivity contribution >= 4 is 22.4 Å². The number of urea groups is 1. The van der Waals surface area contributed by atoms with Gasteiger partial charge in [-0.2, -0.15) is 0 Å². The molecular weight excluding hydrogens is 284 g/mol. The molecule has 0 fully saturated rings. The van der Waals surface area contributed by atoms with E-state index in [0.29, 0.717) is 12.5 Å². The summed E-state index contributed by atoms with van der Waals surface area (Å²) in [7, 11) is 1.77. The highest BCUT2D eigenvalue weighted by Crippen LogP contribution is 2.33. The van der Waals surface area contributed by atoms with E-state index in [1.54, 1.807) is 24.3 Å². The standard InChI is InChI=1S/C15H20N4OS/c1-10(2)8-17-15(20)19(4)14-11(3)18-13(21-14)12-6-5-7-16-9-12/h5-7,9-10H,8H2,1-4H3,(H,17,20). The number of hydrogen-bond acceptors (Lipinski definition) is 4. The summed E-state index contributed by atoms with van der Waals surface area (Å²) in [6.07, 6.45) is 3.51. The third kappa shape index (κ3) is 3.78. The average Bonchev–Trinajstić information content (AvgIpc) is 2.86. The summed E-state index contributed by atoms with van der Waals surface area (Å²) in [6.45, 7) is 6.71. The Hall–Kier alpha value is -1.95. The van der Waals surface area contributed by atoms with Crippen LogP contribution in [0.2, 0.25) is 0 Å². The van der Waals surface area contributed by atoms with E-state index in [1.807, 2.05) is 19.1 Å². The molecule has 6 heteroatoms. The van der Waals surface area contributed by atoms with Gasteiger partial charge in [0.15, 0.2) is 0 Å². The van der Waals surface area contributed by atoms with Gasteiger partial charge in [0.05, 0.1) is 5.69 Å². The summed E-state index contributed by atoms with van der Waals surface area (Å²) >= 11 is 1.50. The maximum Gasteiger partial charge on any atom is 0.322 e. The van der Waals surface area contributed by atoms with Crippen molar-refractivity contribution in [2.75, 3.05) is 18.5 Å². The van der Waals surface area contributed by atoms with Gasteiger partial charge in [-0.15, -0.1) is 0 Å². The van der Waals surface area contributed by atoms with Gasteiger partial charge in [-0.05, 0) is 25.0 Å². The average molecular weight is 304 g/mol. The Kier molecular flexibility index (Phi) is 4.90. The molecule has 5 nitrogen and oxygen atoms in total. The van der Waals surface area contributed by atoms with Crippen molar-refractivity contribution < 1.29 is 4.79 Å². The van der Waals surface area contributed by atoms with E-state index in [1.165, 1.54) is 11.3 Å². The monoisotopic (exact) mass is 304 g/mol. The lowest BCUT2D eigenvalue weighted by atomic mass is 10.2. The highest BCUT2D eigenvalue weighted by molar-refractivity contribution is 7.19. The van der Waals surface area contributed by atoms with Crippen LogP contribution in [0.25, 0.3) is 10.6 Å². The minimum atomic E-state index is -0.104. The number of hydrogen-bond donors (Lipinski definition) is 1. The van der Waals surface area contributed by atoms with E-state index >= 15 is 0 Å². The lowest BCUT2D eigenvalue weighted by Gasteiger charge is -2.17. The van der Waals surface area contributed by atoms with Crippen molar-refractivity contribution in [1.29, 1.82) is 0 Å². The molecule has 0 aliphatic rings. The van der Waals surface area contributed by atoms with Crippen LogP contribution in [0.15, 0.2) is 24.5 Å². The molecule has 0 saturated heterocycles. The number of anilines is 1. The Balaban J connectivity index is 2.17. The van der Waals surface area contributed by atoms with Gasteiger partial charge in [0, 0.05) is 31.5 Å². The van der Waals surface area contributed by atoms with Gasteiger partial charge in [0.25, 0.3) is 0 Å². The number of thiazole rings is 1. The van der Waals surface area contributed by atoms with Crippen molar-refractivity contribution in [2.45, 2.75) is 20.8 Å². The van der Waals surface area contributed by atoms with Gasteiger partial charge >= 0.3 is 6.03 Å². The van der Waals surface area contributed by atoms with Crippen LogP contribution in [0.4, 0.5) is 9.80 Å². The topological polar surface area (TPSA) is 58.1 Å². The molecule has 2 heterocycles. The molecule has 0 aliphatic carbocycles. The molecule has 2 aromatic heterocycles. The van der Waals surface area contributed by atoms with Crippen LogP contribution in [0.3, 0.4) is 0 Å². The maximum absolute atomic E-state index is 12.1. The second-order valence-electron chi connectivity index (χ2n) is 5.29. The first-order valence-corrected chi connectivity index (χ1v) is 7.70. The molecule has 0 aromatic carbocycles. The Morgan fingerprint density at radius 1 is 1.48 bits per heavy atom. The maximum atomic E-state index is 12.1. The zero-order chi connectivity index (χ0) is 15.4. The number of nitrogens with zero attached hydrogens (tertiary/aromatic N) is 3. The fraction of sp³-hybridized carbons (Fsp3) is 0.400. The number of pyridine rings is 1. The molecule has 2 rings (SSSR count). The number of aryl methyl sites for hydroxylation is 1. The van der Waals surface area contributed by atoms with E-state index in [2.05, 4.69) is 29.1 Å². The third-order valence-corrected chi connectivity index (χ3v) is 4.23. The number of carbonyl (C=O) groups excluding carboxylic acids is 1. The van der Waals surface area contributed by atoms with E-state index in [0.717, 1.165) is 21.3 Å². The van der Waals surface area contributed by atoms with Crippen molar-refractivity contribution in [3.8, 4) is 10.6 Å². The minimum absolute atomic E-state index is 0.104. The van der Waals surface area contributed by atoms with E-state index in [9.17, 15) is 4.79 Å². The van der Waals surface area contributed by atoms with Gasteiger partial charge in [0.1, 0.15) is 10.0 Å². The lowest BCUT2D eigenvalue weighted by molar-refractivity contribution is 0.246. The van der Waals surface area contributed by atoms with Gasteiger partial charge in [-0.1, -0.05) is 25.2 Å². The summed E-state index contributed by atoms with van der Waals surface area (Å²) in [5.74, 6) is 0.427. The van der Waals surface area contributed by atoms with Crippen molar-refractivity contribution in [2.24, 2.45) is 5.92 Å². The second-order valence-corrected chi connectivity index (χ2v) is 6.27. The number of rotatable bonds is 4. The highest BCUT2D eigenvalue weighted by atomic mass is 32.1. The predicted molar refractivity (Wildman–Crippen MR) is 86.7 cm³/mol. The van der Waals surface area contributed by atoms with E-state index in [4.69, 9.17) is 0 Å². The highest BCUT2D eigenvalue weighted by Gasteiger charge is 2.18. The Morgan fingerprint density at radius 2 is 2.24 bits per heavy atom. The Labute approximate surface area is 129 Å². The second kappa shape index (κ2) is 6.67. The Bertz CT molecular complexity index is 609. The van der Waals surface area contributed by atoms with Crippen LogP contribution in [0.1, 0.15) is 19.5 Å². The summed E-state index contributed by atoms with van der Waals surface area (Å²) < 4.78 is 0. The molecule has 0 aliphatic heterocycles. The number of aromatic nitrogens is 2. The summed E-state index contributed by atoms with van der Waals surface area (Å²) in [5, 5.41) is 4.64. The molecule has 112 valence electrons. The first-order valence-electron chi connectivity index (χ1n) is 6.88. The van der Waals surface area contributed by atoms with Crippen molar-refractivity contribution in [3.63, 3.8) is 0 Å². The molecule has 21 heavy (non-hydrogen) atoms. The molecule has 0 radical (unpaired) electrons. The number of carbonyl (C=O) groups is 1. The summed E-state index contributed by atoms with van der Waals surface area (Å²) in [6, 6.07) is 3.74. The van der Waals surface area contributed by atoms with Crippen molar-refractivity contribution in [3.05, 3.63) is 30.2 Å². The number of nitrogens with one attached hydrogen (secondary N) is 1. The third-order valence-electron chi connectivity index (χ3n) is 2.95. The summed E-state index contributed by atoms with van der Waals surface area (Å²) in [5.41, 5.74) is 1.81. The smallest absolute Gasteiger partial charge is 0.322 e. The first kappa shape index (κ1) is 15.4. The van der Waals surface area contributed by atoms with Crippen LogP contribution in [-0.4, -0.2) is 29.6 Å². The predicted octanol–water partition coefficient (Wildman–Crippen LogP) is 3.32. The van der Waals surface area contributed by atoms with Crippen LogP contribution in [0, 0.1) is 12.8 Å². The van der Waals surface area contributed by atoms with Crippen LogP contribution >= 0.6 is 11.3 Å². The summed E-state index contributed by atoms with van der Waals surface area (Å²) in [4.78, 5) is 22.4. The van der Waals surface area contributed by atoms with Gasteiger partial charge in [0.2, 0.25) is 0 Å². The first-order chi connectivity index (χ1) is 9.99. The van der Waals surface area contributed by atoms with Gasteiger partial charge in [-0.3, -0.25) is 9.88 Å². The quantitative estimate of drug-likeness (QED) is 0.942. The molecule has 1 N–H and O–H groups in total. The van der Waals surface area contributed by atoms with Crippen LogP contribution in [0.5, 0.6) is 0 Å². The van der Waals surface area contributed by atoms with Crippen LogP contribution in [-0.2, 0) is 0 Å². The molecule has 0 bridgehead atoms. The zero-order valence-corrected chi connectivity index (χ0v) is 13.6. The fourth-order valence-electron chi connectivity index (χ4n) is 1.81. The van der Waals surface area contributed by atoms with Gasteiger partial charge < -0.3 is 5.32 Å². The molecule has 2 aromatic rings. The molecule has 0 atom stereocenters. The Morgan fingerprint density at radius 3 is 2.86 bits per heavy atom. The zero-order valence-electron chi connectivity index (χ0n) is 12.8. The van der Waals surface area contributed by atoms with E-state index < -0.39 is 0 Å². The molecule has 0 saturated carbocycles. The molecule has 2 amide bonds. The van der Waals surface area contributed by atoms with Crippen molar-refractivity contribution in [1.82, 2.24) is 15.3 Å². The molecule has 0 spiro atoms.